The second kappa shape index (κ2) is 6.77. The predicted octanol–water partition coefficient (Wildman–Crippen LogP) is 2.30. The van der Waals surface area contributed by atoms with Gasteiger partial charge in [-0.25, -0.2) is 5.48 Å². The molecule has 0 bridgehead atoms. The van der Waals surface area contributed by atoms with Gasteiger partial charge in [0.2, 0.25) is 5.88 Å². The van der Waals surface area contributed by atoms with Gasteiger partial charge in [0.05, 0.1) is 13.7 Å². The summed E-state index contributed by atoms with van der Waals surface area (Å²) in [7, 11) is 1.47. The van der Waals surface area contributed by atoms with Crippen molar-refractivity contribution >= 4 is 23.6 Å². The third-order valence-electron chi connectivity index (χ3n) is 1.82. The molecule has 1 aromatic carbocycles. The fraction of sp³-hybridized carbons (Fsp3) is 0.273. The van der Waals surface area contributed by atoms with Crippen LogP contribution in [0.1, 0.15) is 6.92 Å². The lowest BCUT2D eigenvalue weighted by atomic mass is 10.4. The van der Waals surface area contributed by atoms with Crippen LogP contribution in [0.25, 0.3) is 0 Å². The highest BCUT2D eigenvalue weighted by atomic mass is 32.5. The van der Waals surface area contributed by atoms with E-state index < -0.39 is 6.49 Å². The number of benzene rings is 1. The molecule has 0 saturated heterocycles. The zero-order valence-corrected chi connectivity index (χ0v) is 11.6. The Kier molecular flexibility index (Phi) is 5.65. The molecule has 1 N–H and O–H groups in total. The summed E-state index contributed by atoms with van der Waals surface area (Å²) in [6, 6.07) is 9.47. The van der Waals surface area contributed by atoms with E-state index in [0.717, 1.165) is 5.30 Å². The molecule has 17 heavy (non-hydrogen) atoms. The first kappa shape index (κ1) is 14.2. The van der Waals surface area contributed by atoms with Crippen LogP contribution in [-0.4, -0.2) is 13.7 Å². The quantitative estimate of drug-likeness (QED) is 0.469. The van der Waals surface area contributed by atoms with E-state index in [0.29, 0.717) is 6.61 Å². The molecule has 0 radical (unpaired) electrons. The van der Waals surface area contributed by atoms with Crippen LogP contribution in [-0.2, 0) is 25.7 Å². The smallest absolute Gasteiger partial charge is 0.270 e. The van der Waals surface area contributed by atoms with E-state index in [4.69, 9.17) is 25.7 Å². The second-order valence-electron chi connectivity index (χ2n) is 3.07. The van der Waals surface area contributed by atoms with Gasteiger partial charge in [0.25, 0.3) is 6.49 Å². The molecule has 0 aliphatic carbocycles. The molecular weight excluding hydrogens is 257 g/mol. The Balaban J connectivity index is 2.90. The van der Waals surface area contributed by atoms with Crippen molar-refractivity contribution < 1.29 is 13.9 Å². The van der Waals surface area contributed by atoms with Gasteiger partial charge >= 0.3 is 0 Å². The van der Waals surface area contributed by atoms with Crippen molar-refractivity contribution in [1.29, 1.82) is 0 Å². The van der Waals surface area contributed by atoms with Crippen LogP contribution in [0.2, 0.25) is 0 Å². The van der Waals surface area contributed by atoms with Crippen LogP contribution in [0.3, 0.4) is 0 Å². The van der Waals surface area contributed by atoms with Crippen LogP contribution in [0.5, 0.6) is 0 Å². The summed E-state index contributed by atoms with van der Waals surface area (Å²) in [5.41, 5.74) is 2.49. The Morgan fingerprint density at radius 1 is 1.41 bits per heavy atom. The van der Waals surface area contributed by atoms with Crippen molar-refractivity contribution in [3.8, 4) is 0 Å². The fourth-order valence-corrected chi connectivity index (χ4v) is 3.67. The van der Waals surface area contributed by atoms with E-state index in [1.54, 1.807) is 0 Å². The maximum Gasteiger partial charge on any atom is 0.270 e. The summed E-state index contributed by atoms with van der Waals surface area (Å²) < 4.78 is 11.2. The van der Waals surface area contributed by atoms with E-state index in [1.807, 2.05) is 37.3 Å². The summed E-state index contributed by atoms with van der Waals surface area (Å²) in [5.74, 6) is 0.244. The molecule has 4 nitrogen and oxygen atoms in total. The lowest BCUT2D eigenvalue weighted by Crippen LogP contribution is -2.16. The van der Waals surface area contributed by atoms with Crippen molar-refractivity contribution in [1.82, 2.24) is 5.48 Å². The van der Waals surface area contributed by atoms with Crippen molar-refractivity contribution in [2.75, 3.05) is 13.7 Å². The molecule has 1 rings (SSSR count). The molecule has 0 aliphatic heterocycles. The van der Waals surface area contributed by atoms with Crippen molar-refractivity contribution in [3.05, 3.63) is 42.8 Å². The molecule has 0 fully saturated rings. The van der Waals surface area contributed by atoms with Crippen LogP contribution in [0, 0.1) is 0 Å². The summed E-state index contributed by atoms with van der Waals surface area (Å²) in [5, 5.41) is 0.843. The van der Waals surface area contributed by atoms with Gasteiger partial charge in [0, 0.05) is 5.30 Å². The predicted molar refractivity (Wildman–Crippen MR) is 72.4 cm³/mol. The lowest BCUT2D eigenvalue weighted by Gasteiger charge is -2.23. The highest BCUT2D eigenvalue weighted by molar-refractivity contribution is 8.13. The summed E-state index contributed by atoms with van der Waals surface area (Å²) in [6.07, 6.45) is 0. The van der Waals surface area contributed by atoms with E-state index in [2.05, 4.69) is 12.1 Å². The number of nitrogens with one attached hydrogen (secondary N) is 1. The molecule has 0 spiro atoms. The molecule has 94 valence electrons. The highest BCUT2D eigenvalue weighted by Crippen LogP contribution is 2.48. The monoisotopic (exact) mass is 273 g/mol. The Bertz CT molecular complexity index is 410. The van der Waals surface area contributed by atoms with Gasteiger partial charge < -0.3 is 9.05 Å². The van der Waals surface area contributed by atoms with Crippen molar-refractivity contribution in [2.45, 2.75) is 6.92 Å². The topological polar surface area (TPSA) is 39.7 Å². The molecule has 0 saturated carbocycles. The average Bonchev–Trinajstić information content (AvgIpc) is 2.30. The average molecular weight is 273 g/mol. The molecular formula is C11H16NO3PS. The van der Waals surface area contributed by atoms with E-state index >= 15 is 0 Å². The zero-order chi connectivity index (χ0) is 12.7. The van der Waals surface area contributed by atoms with Crippen molar-refractivity contribution in [2.24, 2.45) is 0 Å². The lowest BCUT2D eigenvalue weighted by molar-refractivity contribution is 0.0837. The molecule has 0 aromatic heterocycles. The van der Waals surface area contributed by atoms with Gasteiger partial charge in [-0.1, -0.05) is 18.2 Å². The molecule has 0 aliphatic rings. The first-order valence-electron chi connectivity index (χ1n) is 5.10. The molecule has 0 heterocycles. The second-order valence-corrected chi connectivity index (χ2v) is 6.47. The molecule has 1 unspecified atom stereocenters. The van der Waals surface area contributed by atoms with Crippen LogP contribution in [0.15, 0.2) is 42.8 Å². The Hall–Kier alpha value is -0.870. The third-order valence-corrected chi connectivity index (χ3v) is 4.98. The largest absolute Gasteiger partial charge is 0.423 e. The number of hydrogen-bond acceptors (Lipinski definition) is 5. The SMILES string of the molecule is C=C(NOC)OP(=S)(OCC)c1ccccc1. The van der Waals surface area contributed by atoms with Gasteiger partial charge in [-0.3, -0.25) is 4.84 Å². The minimum Gasteiger partial charge on any atom is -0.423 e. The third kappa shape index (κ3) is 4.13. The standard InChI is InChI=1S/C11H16NO3PS/c1-4-14-16(17,15-10(2)12-13-3)11-8-6-5-7-9-11/h5-9,12H,2,4H2,1,3H3. The summed E-state index contributed by atoms with van der Waals surface area (Å²) in [4.78, 5) is 4.70. The van der Waals surface area contributed by atoms with Crippen molar-refractivity contribution in [3.63, 3.8) is 0 Å². The van der Waals surface area contributed by atoms with E-state index in [9.17, 15) is 0 Å². The van der Waals surface area contributed by atoms with E-state index in [1.165, 1.54) is 7.11 Å². The molecule has 1 atom stereocenters. The minimum atomic E-state index is -2.57. The van der Waals surface area contributed by atoms with E-state index in [-0.39, 0.29) is 5.88 Å². The van der Waals surface area contributed by atoms with Crippen LogP contribution < -0.4 is 10.8 Å². The van der Waals surface area contributed by atoms with Gasteiger partial charge in [-0.15, -0.1) is 0 Å². The Labute approximate surface area is 107 Å². The van der Waals surface area contributed by atoms with Gasteiger partial charge in [-0.2, -0.15) is 0 Å². The summed E-state index contributed by atoms with van der Waals surface area (Å²) >= 11 is 5.47. The highest BCUT2D eigenvalue weighted by Gasteiger charge is 2.23. The van der Waals surface area contributed by atoms with Crippen LogP contribution in [0.4, 0.5) is 0 Å². The maximum atomic E-state index is 5.58. The summed E-state index contributed by atoms with van der Waals surface area (Å²) in [6.45, 7) is 3.45. The van der Waals surface area contributed by atoms with Crippen LogP contribution >= 0.6 is 6.49 Å². The number of rotatable bonds is 7. The first-order chi connectivity index (χ1) is 8.12. The minimum absolute atomic E-state index is 0.244. The molecule has 0 amide bonds. The number of hydrogen-bond donors (Lipinski definition) is 1. The molecule has 1 aromatic rings. The maximum absolute atomic E-state index is 5.58. The fourth-order valence-electron chi connectivity index (χ4n) is 1.21. The number of hydroxylamine groups is 1. The Morgan fingerprint density at radius 3 is 2.59 bits per heavy atom. The van der Waals surface area contributed by atoms with Gasteiger partial charge in [0.1, 0.15) is 0 Å². The normalized spacial score (nSPS) is 13.8. The molecule has 6 heteroatoms. The Morgan fingerprint density at radius 2 is 2.06 bits per heavy atom. The first-order valence-corrected chi connectivity index (χ1v) is 7.74. The van der Waals surface area contributed by atoms with Gasteiger partial charge in [0.15, 0.2) is 0 Å². The zero-order valence-electron chi connectivity index (χ0n) is 9.88. The van der Waals surface area contributed by atoms with Gasteiger partial charge in [-0.05, 0) is 37.4 Å².